The van der Waals surface area contributed by atoms with E-state index >= 15 is 0 Å². The van der Waals surface area contributed by atoms with Gasteiger partial charge in [0, 0.05) is 18.9 Å². The standard InChI is InChI=1S/C16H23NO4/c1-12(5-3-8-16(19)20)17-15(18)10-9-13-6-4-7-14(11-13)21-2/h4,6-7,11-12H,3,5,8-10H2,1-2H3,(H,17,18)(H,19,20). The van der Waals surface area contributed by atoms with Crippen LogP contribution in [0.2, 0.25) is 0 Å². The molecule has 2 N–H and O–H groups in total. The topological polar surface area (TPSA) is 75.6 Å². The van der Waals surface area contributed by atoms with E-state index in [0.29, 0.717) is 25.7 Å². The Morgan fingerprint density at radius 2 is 2.10 bits per heavy atom. The molecule has 5 nitrogen and oxygen atoms in total. The van der Waals surface area contributed by atoms with E-state index < -0.39 is 5.97 Å². The zero-order valence-corrected chi connectivity index (χ0v) is 12.6. The number of ether oxygens (including phenoxy) is 1. The quantitative estimate of drug-likeness (QED) is 0.733. The maximum Gasteiger partial charge on any atom is 0.303 e. The van der Waals surface area contributed by atoms with Crippen molar-refractivity contribution < 1.29 is 19.4 Å². The third kappa shape index (κ3) is 7.34. The van der Waals surface area contributed by atoms with Gasteiger partial charge in [-0.1, -0.05) is 12.1 Å². The number of carbonyl (C=O) groups excluding carboxylic acids is 1. The van der Waals surface area contributed by atoms with Gasteiger partial charge in [0.1, 0.15) is 5.75 Å². The third-order valence-corrected chi connectivity index (χ3v) is 3.21. The Hall–Kier alpha value is -2.04. The second kappa shape index (κ2) is 9.00. The van der Waals surface area contributed by atoms with Crippen LogP contribution in [0.1, 0.15) is 38.2 Å². The fourth-order valence-corrected chi connectivity index (χ4v) is 2.06. The van der Waals surface area contributed by atoms with Crippen LogP contribution in [0.15, 0.2) is 24.3 Å². The molecule has 0 saturated heterocycles. The van der Waals surface area contributed by atoms with E-state index in [2.05, 4.69) is 5.32 Å². The van der Waals surface area contributed by atoms with Crippen molar-refractivity contribution in [2.75, 3.05) is 7.11 Å². The van der Waals surface area contributed by atoms with Gasteiger partial charge in [-0.25, -0.2) is 0 Å². The first-order valence-corrected chi connectivity index (χ1v) is 7.15. The molecular weight excluding hydrogens is 270 g/mol. The fourth-order valence-electron chi connectivity index (χ4n) is 2.06. The Morgan fingerprint density at radius 1 is 1.33 bits per heavy atom. The summed E-state index contributed by atoms with van der Waals surface area (Å²) in [5.74, 6) is -0.0258. The van der Waals surface area contributed by atoms with Gasteiger partial charge in [-0.2, -0.15) is 0 Å². The minimum atomic E-state index is -0.799. The van der Waals surface area contributed by atoms with E-state index in [0.717, 1.165) is 11.3 Å². The summed E-state index contributed by atoms with van der Waals surface area (Å²) in [6, 6.07) is 7.66. The molecule has 1 atom stereocenters. The van der Waals surface area contributed by atoms with E-state index in [4.69, 9.17) is 9.84 Å². The highest BCUT2D eigenvalue weighted by Gasteiger charge is 2.08. The largest absolute Gasteiger partial charge is 0.497 e. The first-order chi connectivity index (χ1) is 10.0. The van der Waals surface area contributed by atoms with Crippen molar-refractivity contribution in [1.29, 1.82) is 0 Å². The minimum Gasteiger partial charge on any atom is -0.497 e. The second-order valence-corrected chi connectivity index (χ2v) is 5.11. The lowest BCUT2D eigenvalue weighted by Gasteiger charge is -2.13. The van der Waals surface area contributed by atoms with Crippen LogP contribution in [0, 0.1) is 0 Å². The SMILES string of the molecule is COc1cccc(CCC(=O)NC(C)CCCC(=O)O)c1. The maximum absolute atomic E-state index is 11.8. The molecule has 21 heavy (non-hydrogen) atoms. The number of aryl methyl sites for hydroxylation is 1. The van der Waals surface area contributed by atoms with Crippen molar-refractivity contribution in [3.05, 3.63) is 29.8 Å². The number of hydrogen-bond donors (Lipinski definition) is 2. The normalized spacial score (nSPS) is 11.7. The fraction of sp³-hybridized carbons (Fsp3) is 0.500. The summed E-state index contributed by atoms with van der Waals surface area (Å²) in [7, 11) is 1.62. The number of carboxylic acids is 1. The summed E-state index contributed by atoms with van der Waals surface area (Å²) in [5.41, 5.74) is 1.06. The molecule has 0 aliphatic rings. The summed E-state index contributed by atoms with van der Waals surface area (Å²) in [5, 5.41) is 11.5. The molecule has 0 saturated carbocycles. The lowest BCUT2D eigenvalue weighted by molar-refractivity contribution is -0.137. The monoisotopic (exact) mass is 293 g/mol. The number of amides is 1. The van der Waals surface area contributed by atoms with Crippen LogP contribution in [0.5, 0.6) is 5.75 Å². The average Bonchev–Trinajstić information content (AvgIpc) is 2.45. The molecule has 0 aliphatic heterocycles. The molecule has 0 spiro atoms. The van der Waals surface area contributed by atoms with Crippen molar-refractivity contribution in [2.24, 2.45) is 0 Å². The highest BCUT2D eigenvalue weighted by atomic mass is 16.5. The molecule has 1 rings (SSSR count). The molecule has 0 bridgehead atoms. The number of aliphatic carboxylic acids is 1. The summed E-state index contributed by atoms with van der Waals surface area (Å²) >= 11 is 0. The molecule has 0 heterocycles. The van der Waals surface area contributed by atoms with Crippen molar-refractivity contribution in [1.82, 2.24) is 5.32 Å². The van der Waals surface area contributed by atoms with E-state index in [-0.39, 0.29) is 18.4 Å². The first kappa shape index (κ1) is 17.0. The Morgan fingerprint density at radius 3 is 2.76 bits per heavy atom. The Kier molecular flexibility index (Phi) is 7.29. The van der Waals surface area contributed by atoms with E-state index in [1.807, 2.05) is 31.2 Å². The van der Waals surface area contributed by atoms with Gasteiger partial charge in [0.15, 0.2) is 0 Å². The number of carbonyl (C=O) groups is 2. The highest BCUT2D eigenvalue weighted by Crippen LogP contribution is 2.13. The van der Waals surface area contributed by atoms with Gasteiger partial charge in [0.2, 0.25) is 5.91 Å². The number of rotatable bonds is 9. The number of methoxy groups -OCH3 is 1. The highest BCUT2D eigenvalue weighted by molar-refractivity contribution is 5.76. The number of nitrogens with one attached hydrogen (secondary N) is 1. The molecule has 0 radical (unpaired) electrons. The van der Waals surface area contributed by atoms with Crippen LogP contribution in [0.4, 0.5) is 0 Å². The van der Waals surface area contributed by atoms with Crippen LogP contribution in [0.3, 0.4) is 0 Å². The minimum absolute atomic E-state index is 0.00200. The van der Waals surface area contributed by atoms with Crippen LogP contribution in [-0.2, 0) is 16.0 Å². The lowest BCUT2D eigenvalue weighted by atomic mass is 10.1. The van der Waals surface area contributed by atoms with Gasteiger partial charge in [0.25, 0.3) is 0 Å². The molecule has 1 aromatic carbocycles. The Labute approximate surface area is 125 Å². The van der Waals surface area contributed by atoms with Crippen LogP contribution >= 0.6 is 0 Å². The molecule has 0 aromatic heterocycles. The summed E-state index contributed by atoms with van der Waals surface area (Å²) < 4.78 is 5.14. The maximum atomic E-state index is 11.8. The number of hydrogen-bond acceptors (Lipinski definition) is 3. The predicted molar refractivity (Wildman–Crippen MR) is 80.4 cm³/mol. The predicted octanol–water partition coefficient (Wildman–Crippen LogP) is 2.39. The first-order valence-electron chi connectivity index (χ1n) is 7.15. The summed E-state index contributed by atoms with van der Waals surface area (Å²) in [4.78, 5) is 22.2. The zero-order valence-electron chi connectivity index (χ0n) is 12.6. The Bertz CT molecular complexity index is 473. The van der Waals surface area contributed by atoms with Crippen molar-refractivity contribution in [3.63, 3.8) is 0 Å². The van der Waals surface area contributed by atoms with Gasteiger partial charge < -0.3 is 15.2 Å². The van der Waals surface area contributed by atoms with Gasteiger partial charge in [-0.3, -0.25) is 9.59 Å². The van der Waals surface area contributed by atoms with E-state index in [1.54, 1.807) is 7.11 Å². The van der Waals surface area contributed by atoms with E-state index in [1.165, 1.54) is 0 Å². The van der Waals surface area contributed by atoms with Crippen LogP contribution < -0.4 is 10.1 Å². The van der Waals surface area contributed by atoms with Crippen molar-refractivity contribution in [2.45, 2.75) is 45.1 Å². The molecule has 1 amide bonds. The number of carboxylic acid groups (broad SMARTS) is 1. The molecule has 5 heteroatoms. The van der Waals surface area contributed by atoms with Crippen LogP contribution in [-0.4, -0.2) is 30.1 Å². The average molecular weight is 293 g/mol. The van der Waals surface area contributed by atoms with Gasteiger partial charge in [-0.05, 0) is 43.9 Å². The molecule has 0 aliphatic carbocycles. The van der Waals surface area contributed by atoms with Gasteiger partial charge in [-0.15, -0.1) is 0 Å². The van der Waals surface area contributed by atoms with Crippen LogP contribution in [0.25, 0.3) is 0 Å². The molecular formula is C16H23NO4. The second-order valence-electron chi connectivity index (χ2n) is 5.11. The van der Waals surface area contributed by atoms with Crippen molar-refractivity contribution >= 4 is 11.9 Å². The Balaban J connectivity index is 2.28. The third-order valence-electron chi connectivity index (χ3n) is 3.21. The smallest absolute Gasteiger partial charge is 0.303 e. The molecule has 1 aromatic rings. The molecule has 116 valence electrons. The molecule has 1 unspecified atom stereocenters. The van der Waals surface area contributed by atoms with E-state index in [9.17, 15) is 9.59 Å². The summed E-state index contributed by atoms with van der Waals surface area (Å²) in [6.07, 6.45) is 2.47. The molecule has 0 fully saturated rings. The van der Waals surface area contributed by atoms with Gasteiger partial charge in [0.05, 0.1) is 7.11 Å². The number of benzene rings is 1. The summed E-state index contributed by atoms with van der Waals surface area (Å²) in [6.45, 7) is 1.89. The van der Waals surface area contributed by atoms with Gasteiger partial charge >= 0.3 is 5.97 Å². The van der Waals surface area contributed by atoms with Crippen molar-refractivity contribution in [3.8, 4) is 5.75 Å². The zero-order chi connectivity index (χ0) is 15.7. The lowest BCUT2D eigenvalue weighted by Crippen LogP contribution is -2.32.